The molecule has 1 amide bonds. The Hall–Kier alpha value is -1.52. The maximum Gasteiger partial charge on any atom is 0.234 e. The van der Waals surface area contributed by atoms with Crippen LogP contribution in [0, 0.1) is 0 Å². The van der Waals surface area contributed by atoms with Crippen LogP contribution in [-0.2, 0) is 10.2 Å². The Morgan fingerprint density at radius 3 is 2.38 bits per heavy atom. The summed E-state index contributed by atoms with van der Waals surface area (Å²) in [5.74, 6) is -0.106. The van der Waals surface area contributed by atoms with E-state index >= 15 is 0 Å². The lowest BCUT2D eigenvalue weighted by Gasteiger charge is -2.24. The highest BCUT2D eigenvalue weighted by Crippen LogP contribution is 2.29. The van der Waals surface area contributed by atoms with Crippen LogP contribution in [0.5, 0.6) is 0 Å². The van der Waals surface area contributed by atoms with Crippen LogP contribution in [0.4, 0.5) is 11.4 Å². The maximum atomic E-state index is 12.5. The van der Waals surface area contributed by atoms with E-state index in [1.54, 1.807) is 30.3 Å². The average molecular weight is 368 g/mol. The van der Waals surface area contributed by atoms with Crippen molar-refractivity contribution in [1.29, 1.82) is 0 Å². The smallest absolute Gasteiger partial charge is 0.234 e. The quantitative estimate of drug-likeness (QED) is 0.779. The lowest BCUT2D eigenvalue weighted by Crippen LogP contribution is -2.34. The second-order valence-corrected chi connectivity index (χ2v) is 6.59. The van der Waals surface area contributed by atoms with Crippen LogP contribution in [0.25, 0.3) is 0 Å². The van der Waals surface area contributed by atoms with E-state index in [-0.39, 0.29) is 5.91 Å². The van der Waals surface area contributed by atoms with Gasteiger partial charge in [0.15, 0.2) is 0 Å². The highest BCUT2D eigenvalue weighted by atomic mass is 79.9. The highest BCUT2D eigenvalue weighted by Gasteiger charge is 2.29. The number of nitrogens with one attached hydrogen (secondary N) is 1. The average Bonchev–Trinajstić information content (AvgIpc) is 2.43. The molecule has 2 aromatic carbocycles. The fourth-order valence-corrected chi connectivity index (χ4v) is 2.32. The molecule has 3 nitrogen and oxygen atoms in total. The third kappa shape index (κ3) is 3.57. The number of nitrogen functional groups attached to an aromatic ring is 1. The van der Waals surface area contributed by atoms with E-state index < -0.39 is 5.41 Å². The molecule has 0 heterocycles. The highest BCUT2D eigenvalue weighted by molar-refractivity contribution is 9.10. The second-order valence-electron chi connectivity index (χ2n) is 5.33. The van der Waals surface area contributed by atoms with Gasteiger partial charge in [-0.25, -0.2) is 0 Å². The van der Waals surface area contributed by atoms with Gasteiger partial charge in [0, 0.05) is 15.8 Å². The van der Waals surface area contributed by atoms with E-state index in [4.69, 9.17) is 17.3 Å². The molecule has 0 aliphatic rings. The standard InChI is InChI=1S/C16H16BrClN2O/c1-16(2,10-3-5-11(19)6-4-10)15(21)20-12-7-8-13(17)14(18)9-12/h3-9H,19H2,1-2H3,(H,20,21). The van der Waals surface area contributed by atoms with Crippen LogP contribution >= 0.6 is 27.5 Å². The summed E-state index contributed by atoms with van der Waals surface area (Å²) in [6.07, 6.45) is 0. The number of benzene rings is 2. The Morgan fingerprint density at radius 1 is 1.19 bits per heavy atom. The molecule has 0 aliphatic carbocycles. The molecular weight excluding hydrogens is 352 g/mol. The minimum atomic E-state index is -0.673. The molecule has 0 spiro atoms. The van der Waals surface area contributed by atoms with Gasteiger partial charge in [0.05, 0.1) is 10.4 Å². The van der Waals surface area contributed by atoms with E-state index in [1.165, 1.54) is 0 Å². The van der Waals surface area contributed by atoms with Crippen molar-refractivity contribution in [3.8, 4) is 0 Å². The first kappa shape index (κ1) is 15.9. The van der Waals surface area contributed by atoms with E-state index in [0.29, 0.717) is 16.4 Å². The summed E-state index contributed by atoms with van der Waals surface area (Å²) in [6, 6.07) is 12.6. The predicted molar refractivity (Wildman–Crippen MR) is 91.7 cm³/mol. The van der Waals surface area contributed by atoms with Gasteiger partial charge in [0.2, 0.25) is 5.91 Å². The predicted octanol–water partition coefficient (Wildman–Crippen LogP) is 4.60. The molecule has 0 aliphatic heterocycles. The summed E-state index contributed by atoms with van der Waals surface area (Å²) in [4.78, 5) is 12.5. The van der Waals surface area contributed by atoms with Gasteiger partial charge in [-0.15, -0.1) is 0 Å². The summed E-state index contributed by atoms with van der Waals surface area (Å²) >= 11 is 9.36. The van der Waals surface area contributed by atoms with Gasteiger partial charge in [-0.3, -0.25) is 4.79 Å². The zero-order valence-corrected chi connectivity index (χ0v) is 14.1. The Bertz CT molecular complexity index is 668. The third-order valence-electron chi connectivity index (χ3n) is 3.38. The maximum absolute atomic E-state index is 12.5. The minimum absolute atomic E-state index is 0.106. The third-order valence-corrected chi connectivity index (χ3v) is 4.61. The number of anilines is 2. The summed E-state index contributed by atoms with van der Waals surface area (Å²) in [6.45, 7) is 3.74. The van der Waals surface area contributed by atoms with Crippen molar-refractivity contribution in [2.75, 3.05) is 11.1 Å². The fraction of sp³-hybridized carbons (Fsp3) is 0.188. The number of rotatable bonds is 3. The molecule has 2 rings (SSSR count). The van der Waals surface area contributed by atoms with Gasteiger partial charge in [-0.05, 0) is 65.7 Å². The first-order valence-corrected chi connectivity index (χ1v) is 7.60. The van der Waals surface area contributed by atoms with Gasteiger partial charge in [-0.2, -0.15) is 0 Å². The minimum Gasteiger partial charge on any atom is -0.399 e. The van der Waals surface area contributed by atoms with Gasteiger partial charge in [0.25, 0.3) is 0 Å². The van der Waals surface area contributed by atoms with Crippen LogP contribution in [0.3, 0.4) is 0 Å². The summed E-state index contributed by atoms with van der Waals surface area (Å²) in [5.41, 5.74) is 7.25. The normalized spacial score (nSPS) is 11.2. The molecular formula is C16H16BrClN2O. The molecule has 5 heteroatoms. The zero-order chi connectivity index (χ0) is 15.6. The molecule has 21 heavy (non-hydrogen) atoms. The van der Waals surface area contributed by atoms with Crippen LogP contribution in [-0.4, -0.2) is 5.91 Å². The Kier molecular flexibility index (Phi) is 4.59. The summed E-state index contributed by atoms with van der Waals surface area (Å²) < 4.78 is 0.792. The van der Waals surface area contributed by atoms with Crippen molar-refractivity contribution in [1.82, 2.24) is 0 Å². The number of carbonyl (C=O) groups is 1. The van der Waals surface area contributed by atoms with E-state index in [9.17, 15) is 4.79 Å². The van der Waals surface area contributed by atoms with Crippen molar-refractivity contribution in [3.63, 3.8) is 0 Å². The SMILES string of the molecule is CC(C)(C(=O)Nc1ccc(Br)c(Cl)c1)c1ccc(N)cc1. The second kappa shape index (κ2) is 6.08. The van der Waals surface area contributed by atoms with E-state index in [0.717, 1.165) is 10.0 Å². The van der Waals surface area contributed by atoms with Crippen LogP contribution in [0.1, 0.15) is 19.4 Å². The first-order valence-electron chi connectivity index (χ1n) is 6.43. The van der Waals surface area contributed by atoms with Crippen LogP contribution in [0.2, 0.25) is 5.02 Å². The first-order chi connectivity index (χ1) is 9.80. The van der Waals surface area contributed by atoms with Gasteiger partial charge in [-0.1, -0.05) is 23.7 Å². The number of hydrogen-bond donors (Lipinski definition) is 2. The van der Waals surface area contributed by atoms with E-state index in [1.807, 2.05) is 26.0 Å². The number of nitrogens with two attached hydrogens (primary N) is 1. The molecule has 0 saturated carbocycles. The van der Waals surface area contributed by atoms with Gasteiger partial charge in [0.1, 0.15) is 0 Å². The van der Waals surface area contributed by atoms with Crippen LogP contribution < -0.4 is 11.1 Å². The van der Waals surface area contributed by atoms with E-state index in [2.05, 4.69) is 21.2 Å². The molecule has 0 atom stereocenters. The number of hydrogen-bond acceptors (Lipinski definition) is 2. The molecule has 3 N–H and O–H groups in total. The molecule has 0 radical (unpaired) electrons. The van der Waals surface area contributed by atoms with Crippen molar-refractivity contribution in [2.24, 2.45) is 0 Å². The van der Waals surface area contributed by atoms with Crippen molar-refractivity contribution in [2.45, 2.75) is 19.3 Å². The molecule has 0 saturated heterocycles. The molecule has 110 valence electrons. The lowest BCUT2D eigenvalue weighted by molar-refractivity contribution is -0.120. The van der Waals surface area contributed by atoms with Crippen molar-refractivity contribution in [3.05, 3.63) is 57.5 Å². The monoisotopic (exact) mass is 366 g/mol. The summed E-state index contributed by atoms with van der Waals surface area (Å²) in [7, 11) is 0. The Balaban J connectivity index is 2.21. The van der Waals surface area contributed by atoms with Crippen molar-refractivity contribution >= 4 is 44.8 Å². The fourth-order valence-electron chi connectivity index (χ4n) is 1.89. The number of amides is 1. The molecule has 0 bridgehead atoms. The lowest BCUT2D eigenvalue weighted by atomic mass is 9.83. The zero-order valence-electron chi connectivity index (χ0n) is 11.8. The van der Waals surface area contributed by atoms with Crippen LogP contribution in [0.15, 0.2) is 46.9 Å². The largest absolute Gasteiger partial charge is 0.399 e. The topological polar surface area (TPSA) is 55.1 Å². The number of carbonyl (C=O) groups excluding carboxylic acids is 1. The molecule has 0 fully saturated rings. The number of halogens is 2. The van der Waals surface area contributed by atoms with Crippen molar-refractivity contribution < 1.29 is 4.79 Å². The van der Waals surface area contributed by atoms with Gasteiger partial charge < -0.3 is 11.1 Å². The Labute approximate surface area is 137 Å². The summed E-state index contributed by atoms with van der Waals surface area (Å²) in [5, 5.41) is 3.44. The van der Waals surface area contributed by atoms with Gasteiger partial charge >= 0.3 is 0 Å². The molecule has 0 unspecified atom stereocenters. The molecule has 0 aromatic heterocycles. The Morgan fingerprint density at radius 2 is 1.81 bits per heavy atom. The molecule has 2 aromatic rings.